The highest BCUT2D eigenvalue weighted by molar-refractivity contribution is 5.69. The molecule has 2 fully saturated rings. The van der Waals surface area contributed by atoms with Crippen LogP contribution in [0.25, 0.3) is 0 Å². The summed E-state index contributed by atoms with van der Waals surface area (Å²) in [4.78, 5) is 15.8. The zero-order valence-electron chi connectivity index (χ0n) is 18.0. The van der Waals surface area contributed by atoms with Crippen molar-refractivity contribution < 1.29 is 14.6 Å². The van der Waals surface area contributed by atoms with Gasteiger partial charge in [-0.2, -0.15) is 0 Å². The molecule has 1 aromatic carbocycles. The third-order valence-corrected chi connectivity index (χ3v) is 4.79. The summed E-state index contributed by atoms with van der Waals surface area (Å²) in [7, 11) is 3.90. The van der Waals surface area contributed by atoms with Crippen LogP contribution in [0.1, 0.15) is 58.9 Å². The molecule has 0 radical (unpaired) electrons. The van der Waals surface area contributed by atoms with Gasteiger partial charge in [0.1, 0.15) is 5.60 Å². The average Bonchev–Trinajstić information content (AvgIpc) is 3.11. The Hall–Kier alpha value is -1.59. The van der Waals surface area contributed by atoms with Crippen molar-refractivity contribution >= 4 is 6.09 Å². The molecule has 1 N–H and O–H groups in total. The van der Waals surface area contributed by atoms with Crippen LogP contribution in [0, 0.1) is 0 Å². The van der Waals surface area contributed by atoms with Gasteiger partial charge in [-0.1, -0.05) is 44.2 Å². The second-order valence-electron chi connectivity index (χ2n) is 7.90. The molecule has 1 unspecified atom stereocenters. The van der Waals surface area contributed by atoms with Gasteiger partial charge in [0.15, 0.2) is 0 Å². The van der Waals surface area contributed by atoms with E-state index < -0.39 is 11.2 Å². The minimum Gasteiger partial charge on any atom is -0.438 e. The summed E-state index contributed by atoms with van der Waals surface area (Å²) >= 11 is 0. The first-order valence-corrected chi connectivity index (χ1v) is 10.1. The van der Waals surface area contributed by atoms with Crippen molar-refractivity contribution in [1.82, 2.24) is 9.80 Å². The van der Waals surface area contributed by atoms with E-state index in [0.29, 0.717) is 19.4 Å². The van der Waals surface area contributed by atoms with Crippen molar-refractivity contribution in [3.05, 3.63) is 35.9 Å². The van der Waals surface area contributed by atoms with E-state index in [9.17, 15) is 9.90 Å². The fourth-order valence-electron chi connectivity index (χ4n) is 3.48. The predicted molar refractivity (Wildman–Crippen MR) is 111 cm³/mol. The van der Waals surface area contributed by atoms with Gasteiger partial charge in [0.2, 0.25) is 0 Å². The summed E-state index contributed by atoms with van der Waals surface area (Å²) in [5.41, 5.74) is -0.687. The average molecular weight is 379 g/mol. The van der Waals surface area contributed by atoms with Gasteiger partial charge in [0.25, 0.3) is 0 Å². The molecule has 2 heterocycles. The summed E-state index contributed by atoms with van der Waals surface area (Å²) in [6.45, 7) is 10.7. The zero-order chi connectivity index (χ0) is 20.5. The van der Waals surface area contributed by atoms with Crippen LogP contribution >= 0.6 is 0 Å². The van der Waals surface area contributed by atoms with Crippen molar-refractivity contribution in [2.75, 3.05) is 33.7 Å². The zero-order valence-corrected chi connectivity index (χ0v) is 18.0. The van der Waals surface area contributed by atoms with Crippen LogP contribution in [-0.2, 0) is 10.3 Å². The van der Waals surface area contributed by atoms with Gasteiger partial charge in [-0.05, 0) is 52.4 Å². The maximum absolute atomic E-state index is 11.9. The summed E-state index contributed by atoms with van der Waals surface area (Å²) < 4.78 is 5.68. The lowest BCUT2D eigenvalue weighted by Gasteiger charge is -2.43. The molecular weight excluding hydrogens is 340 g/mol. The molecule has 5 nitrogen and oxygen atoms in total. The third-order valence-electron chi connectivity index (χ3n) is 4.79. The van der Waals surface area contributed by atoms with E-state index in [1.54, 1.807) is 25.8 Å². The van der Waals surface area contributed by atoms with Crippen molar-refractivity contribution in [3.8, 4) is 0 Å². The van der Waals surface area contributed by atoms with E-state index in [1.807, 2.05) is 44.2 Å². The lowest BCUT2D eigenvalue weighted by atomic mass is 9.80. The van der Waals surface area contributed by atoms with Crippen LogP contribution in [0.2, 0.25) is 0 Å². The molecule has 2 saturated heterocycles. The smallest absolute Gasteiger partial charge is 0.410 e. The van der Waals surface area contributed by atoms with Crippen molar-refractivity contribution in [2.24, 2.45) is 0 Å². The first kappa shape index (κ1) is 23.4. The topological polar surface area (TPSA) is 53.0 Å². The second-order valence-corrected chi connectivity index (χ2v) is 7.90. The largest absolute Gasteiger partial charge is 0.438 e. The lowest BCUT2D eigenvalue weighted by Crippen LogP contribution is -2.49. The van der Waals surface area contributed by atoms with E-state index in [2.05, 4.69) is 11.9 Å². The molecule has 2 aliphatic rings. The molecule has 3 rings (SSSR count). The molecule has 154 valence electrons. The Balaban J connectivity index is 0.000000381. The maximum atomic E-state index is 11.9. The summed E-state index contributed by atoms with van der Waals surface area (Å²) in [6, 6.07) is 9.67. The molecule has 0 aliphatic carbocycles. The number of benzene rings is 1. The Kier molecular flexibility index (Phi) is 9.27. The highest BCUT2D eigenvalue weighted by atomic mass is 16.6. The molecular formula is C22H38N2O3. The number of ether oxygens (including phenoxy) is 1. The van der Waals surface area contributed by atoms with E-state index >= 15 is 0 Å². The Bertz CT molecular complexity index is 550. The number of nitrogens with zero attached hydrogens (tertiary/aromatic N) is 2. The van der Waals surface area contributed by atoms with Gasteiger partial charge in [0, 0.05) is 26.4 Å². The maximum Gasteiger partial charge on any atom is 0.410 e. The SMILES string of the molecule is CC.CN1CCC(CC(C)(C)O)(c2ccccc2)OC1=O.CN1CCCC1. The van der Waals surface area contributed by atoms with Crippen molar-refractivity contribution in [3.63, 3.8) is 0 Å². The lowest BCUT2D eigenvalue weighted by molar-refractivity contribution is -0.0930. The van der Waals surface area contributed by atoms with Crippen LogP contribution in [0.15, 0.2) is 30.3 Å². The molecule has 27 heavy (non-hydrogen) atoms. The molecule has 2 aliphatic heterocycles. The van der Waals surface area contributed by atoms with Crippen molar-refractivity contribution in [2.45, 2.75) is 64.6 Å². The Morgan fingerprint density at radius 1 is 1.07 bits per heavy atom. The van der Waals surface area contributed by atoms with Gasteiger partial charge in [0.05, 0.1) is 5.60 Å². The minimum atomic E-state index is -0.897. The van der Waals surface area contributed by atoms with E-state index in [4.69, 9.17) is 4.74 Å². The van der Waals surface area contributed by atoms with Gasteiger partial charge in [-0.25, -0.2) is 4.79 Å². The molecule has 0 aromatic heterocycles. The number of aliphatic hydroxyl groups is 1. The number of rotatable bonds is 3. The molecule has 0 bridgehead atoms. The first-order valence-electron chi connectivity index (χ1n) is 10.1. The van der Waals surface area contributed by atoms with E-state index in [1.165, 1.54) is 25.9 Å². The number of likely N-dealkylation sites (tertiary alicyclic amines) is 1. The molecule has 1 atom stereocenters. The van der Waals surface area contributed by atoms with Gasteiger partial charge in [-0.3, -0.25) is 0 Å². The van der Waals surface area contributed by atoms with Crippen molar-refractivity contribution in [1.29, 1.82) is 0 Å². The number of hydrogen-bond acceptors (Lipinski definition) is 4. The normalized spacial score (nSPS) is 22.9. The molecule has 1 aromatic rings. The Labute approximate surface area is 165 Å². The summed E-state index contributed by atoms with van der Waals surface area (Å²) in [5, 5.41) is 10.1. The Morgan fingerprint density at radius 2 is 1.63 bits per heavy atom. The standard InChI is InChI=1S/C15H21NO3.C5H11N.C2H6/c1-14(2,18)11-15(12-7-5-4-6-8-12)9-10-16(3)13(17)19-15;1-6-4-2-3-5-6;1-2/h4-8,18H,9-11H2,1-3H3;2-5H2,1H3;1-2H3. The quantitative estimate of drug-likeness (QED) is 0.854. The number of carbonyl (C=O) groups excluding carboxylic acids is 1. The molecule has 5 heteroatoms. The minimum absolute atomic E-state index is 0.334. The van der Waals surface area contributed by atoms with Gasteiger partial charge in [-0.15, -0.1) is 0 Å². The van der Waals surface area contributed by atoms with Crippen LogP contribution in [0.5, 0.6) is 0 Å². The van der Waals surface area contributed by atoms with E-state index in [0.717, 1.165) is 5.56 Å². The second kappa shape index (κ2) is 10.7. The number of carbonyl (C=O) groups is 1. The molecule has 0 saturated carbocycles. The first-order chi connectivity index (χ1) is 12.7. The van der Waals surface area contributed by atoms with Crippen LogP contribution in [0.3, 0.4) is 0 Å². The predicted octanol–water partition coefficient (Wildman–Crippen LogP) is 4.25. The number of hydrogen-bond donors (Lipinski definition) is 1. The fraction of sp³-hybridized carbons (Fsp3) is 0.682. The highest BCUT2D eigenvalue weighted by Crippen LogP contribution is 2.40. The van der Waals surface area contributed by atoms with Gasteiger partial charge >= 0.3 is 6.09 Å². The fourth-order valence-corrected chi connectivity index (χ4v) is 3.48. The Morgan fingerprint density at radius 3 is 2.04 bits per heavy atom. The molecule has 0 spiro atoms. The number of amides is 1. The third kappa shape index (κ3) is 7.51. The summed E-state index contributed by atoms with van der Waals surface area (Å²) in [6.07, 6.45) is 3.57. The number of cyclic esters (lactones) is 1. The van der Waals surface area contributed by atoms with Gasteiger partial charge < -0.3 is 19.6 Å². The molecule has 1 amide bonds. The summed E-state index contributed by atoms with van der Waals surface area (Å²) in [5.74, 6) is 0. The van der Waals surface area contributed by atoms with Crippen LogP contribution in [-0.4, -0.2) is 60.3 Å². The monoisotopic (exact) mass is 378 g/mol. The van der Waals surface area contributed by atoms with Crippen LogP contribution in [0.4, 0.5) is 4.79 Å². The highest BCUT2D eigenvalue weighted by Gasteiger charge is 2.44. The van der Waals surface area contributed by atoms with E-state index in [-0.39, 0.29) is 6.09 Å². The van der Waals surface area contributed by atoms with Crippen LogP contribution < -0.4 is 0 Å².